The summed E-state index contributed by atoms with van der Waals surface area (Å²) in [7, 11) is 0. The Morgan fingerprint density at radius 2 is 2.27 bits per heavy atom. The molecule has 1 nitrogen and oxygen atoms in total. The van der Waals surface area contributed by atoms with Gasteiger partial charge in [0, 0.05) is 5.92 Å². The highest BCUT2D eigenvalue weighted by molar-refractivity contribution is 5.95. The minimum Gasteiger partial charge on any atom is -0.295 e. The molecule has 0 unspecified atom stereocenters. The molecule has 0 radical (unpaired) electrons. The molecule has 4 rings (SSSR count). The van der Waals surface area contributed by atoms with E-state index >= 15 is 0 Å². The summed E-state index contributed by atoms with van der Waals surface area (Å²) in [6.45, 7) is 0. The number of carbonyl (C=O) groups excluding carboxylic acids is 1. The molecule has 0 aromatic heterocycles. The topological polar surface area (TPSA) is 17.1 Å². The van der Waals surface area contributed by atoms with Crippen molar-refractivity contribution in [3.63, 3.8) is 0 Å². The van der Waals surface area contributed by atoms with E-state index < -0.39 is 0 Å². The highest BCUT2D eigenvalue weighted by Gasteiger charge is 2.61. The fourth-order valence-corrected chi connectivity index (χ4v) is 4.93. The van der Waals surface area contributed by atoms with Crippen molar-refractivity contribution < 1.29 is 4.79 Å². The van der Waals surface area contributed by atoms with Crippen LogP contribution in [0.5, 0.6) is 0 Å². The Balaban J connectivity index is 1.82. The third-order valence-electron chi connectivity index (χ3n) is 5.45. The molecule has 5 atom stereocenters. The van der Waals surface area contributed by atoms with Crippen molar-refractivity contribution in [2.75, 3.05) is 0 Å². The number of rotatable bonds is 0. The van der Waals surface area contributed by atoms with Gasteiger partial charge in [-0.25, -0.2) is 0 Å². The van der Waals surface area contributed by atoms with Crippen LogP contribution in [-0.4, -0.2) is 5.78 Å². The quantitative estimate of drug-likeness (QED) is 0.549. The molecule has 0 amide bonds. The summed E-state index contributed by atoms with van der Waals surface area (Å²) in [5.41, 5.74) is 0.440. The molecular formula is C14H16O. The van der Waals surface area contributed by atoms with Crippen LogP contribution in [-0.2, 0) is 4.79 Å². The molecule has 0 aromatic carbocycles. The van der Waals surface area contributed by atoms with Gasteiger partial charge >= 0.3 is 0 Å². The first-order valence-electron chi connectivity index (χ1n) is 6.21. The average molecular weight is 200 g/mol. The van der Waals surface area contributed by atoms with E-state index in [-0.39, 0.29) is 0 Å². The van der Waals surface area contributed by atoms with E-state index in [9.17, 15) is 4.79 Å². The van der Waals surface area contributed by atoms with Gasteiger partial charge in [0.2, 0.25) is 0 Å². The summed E-state index contributed by atoms with van der Waals surface area (Å²) >= 11 is 0. The monoisotopic (exact) mass is 200 g/mol. The Morgan fingerprint density at radius 1 is 1.33 bits per heavy atom. The molecule has 4 aliphatic rings. The van der Waals surface area contributed by atoms with Gasteiger partial charge < -0.3 is 0 Å². The van der Waals surface area contributed by atoms with Crippen LogP contribution >= 0.6 is 0 Å². The summed E-state index contributed by atoms with van der Waals surface area (Å²) in [5.74, 6) is 2.90. The number of fused-ring (bicyclic) bond motifs is 2. The molecule has 2 fully saturated rings. The molecule has 0 bridgehead atoms. The van der Waals surface area contributed by atoms with Gasteiger partial charge in [0.05, 0.1) is 0 Å². The number of allylic oxidation sites excluding steroid dienone is 4. The largest absolute Gasteiger partial charge is 0.295 e. The number of carbonyl (C=O) groups is 1. The van der Waals surface area contributed by atoms with Gasteiger partial charge in [-0.3, -0.25) is 4.79 Å². The van der Waals surface area contributed by atoms with E-state index in [2.05, 4.69) is 18.2 Å². The first-order valence-corrected chi connectivity index (χ1v) is 6.21. The van der Waals surface area contributed by atoms with Crippen molar-refractivity contribution >= 4 is 5.78 Å². The fraction of sp³-hybridized carbons (Fsp3) is 0.643. The molecule has 1 spiro atoms. The third kappa shape index (κ3) is 0.802. The predicted molar refractivity (Wildman–Crippen MR) is 58.1 cm³/mol. The number of hydrogen-bond acceptors (Lipinski definition) is 1. The lowest BCUT2D eigenvalue weighted by atomic mass is 9.74. The second-order valence-electron chi connectivity index (χ2n) is 5.79. The highest BCUT2D eigenvalue weighted by atomic mass is 16.1. The molecule has 1 heteroatoms. The SMILES string of the molecule is O=C1C=C[C@@H]2C[C@]34C=CC[C@@H]3CC[C@H]4[C@@H]12. The maximum atomic E-state index is 11.9. The standard InChI is InChI=1S/C14H16O/c15-12-6-3-9-8-14-7-1-2-10(14)4-5-11(14)13(9)12/h1,3,6-7,9-11,13H,2,4-5,8H2/t9-,10-,11+,13+,14-/m1/s1. The van der Waals surface area contributed by atoms with Crippen molar-refractivity contribution in [1.82, 2.24) is 0 Å². The summed E-state index contributed by atoms with van der Waals surface area (Å²) in [5, 5.41) is 0. The molecule has 0 aliphatic heterocycles. The van der Waals surface area contributed by atoms with E-state index in [0.717, 1.165) is 5.92 Å². The van der Waals surface area contributed by atoms with Crippen molar-refractivity contribution in [2.45, 2.75) is 25.7 Å². The van der Waals surface area contributed by atoms with Gasteiger partial charge in [-0.15, -0.1) is 0 Å². The van der Waals surface area contributed by atoms with Crippen LogP contribution in [0.3, 0.4) is 0 Å². The zero-order valence-electron chi connectivity index (χ0n) is 8.86. The smallest absolute Gasteiger partial charge is 0.159 e. The maximum absolute atomic E-state index is 11.9. The van der Waals surface area contributed by atoms with Crippen LogP contribution < -0.4 is 0 Å². The van der Waals surface area contributed by atoms with Gasteiger partial charge in [0.25, 0.3) is 0 Å². The minimum atomic E-state index is 0.359. The lowest BCUT2D eigenvalue weighted by Crippen LogP contribution is -2.26. The Kier molecular flexibility index (Phi) is 1.36. The molecule has 0 N–H and O–H groups in total. The van der Waals surface area contributed by atoms with Gasteiger partial charge in [0.1, 0.15) is 0 Å². The molecular weight excluding hydrogens is 184 g/mol. The summed E-state index contributed by atoms with van der Waals surface area (Å²) in [6.07, 6.45) is 14.0. The van der Waals surface area contributed by atoms with E-state index in [4.69, 9.17) is 0 Å². The Bertz CT molecular complexity index is 392. The lowest BCUT2D eigenvalue weighted by molar-refractivity contribution is -0.119. The van der Waals surface area contributed by atoms with Gasteiger partial charge in [-0.1, -0.05) is 18.2 Å². The van der Waals surface area contributed by atoms with E-state index in [0.29, 0.717) is 29.0 Å². The Labute approximate surface area is 90.2 Å². The van der Waals surface area contributed by atoms with Crippen LogP contribution in [0.1, 0.15) is 25.7 Å². The maximum Gasteiger partial charge on any atom is 0.159 e. The fourth-order valence-electron chi connectivity index (χ4n) is 4.93. The van der Waals surface area contributed by atoms with Gasteiger partial charge in [-0.05, 0) is 54.9 Å². The molecule has 4 aliphatic carbocycles. The lowest BCUT2D eigenvalue weighted by Gasteiger charge is -2.29. The average Bonchev–Trinajstić information content (AvgIpc) is 2.86. The molecule has 0 aromatic rings. The van der Waals surface area contributed by atoms with Crippen LogP contribution in [0.4, 0.5) is 0 Å². The number of hydrogen-bond donors (Lipinski definition) is 0. The van der Waals surface area contributed by atoms with Crippen LogP contribution in [0.15, 0.2) is 24.3 Å². The van der Waals surface area contributed by atoms with Crippen LogP contribution in [0, 0.1) is 29.1 Å². The summed E-state index contributed by atoms with van der Waals surface area (Å²) < 4.78 is 0. The molecule has 0 saturated heterocycles. The number of ketones is 1. The normalized spacial score (nSPS) is 54.8. The molecule has 0 heterocycles. The predicted octanol–water partition coefficient (Wildman–Crippen LogP) is 2.73. The second kappa shape index (κ2) is 2.45. The Morgan fingerprint density at radius 3 is 3.20 bits per heavy atom. The third-order valence-corrected chi connectivity index (χ3v) is 5.45. The van der Waals surface area contributed by atoms with E-state index in [1.165, 1.54) is 25.7 Å². The van der Waals surface area contributed by atoms with Crippen LogP contribution in [0.2, 0.25) is 0 Å². The van der Waals surface area contributed by atoms with Crippen molar-refractivity contribution in [1.29, 1.82) is 0 Å². The first kappa shape index (κ1) is 8.32. The van der Waals surface area contributed by atoms with Crippen LogP contribution in [0.25, 0.3) is 0 Å². The minimum absolute atomic E-state index is 0.359. The Hall–Kier alpha value is -0.850. The molecule has 78 valence electrons. The van der Waals surface area contributed by atoms with Crippen molar-refractivity contribution in [3.8, 4) is 0 Å². The van der Waals surface area contributed by atoms with Crippen molar-refractivity contribution in [3.05, 3.63) is 24.3 Å². The summed E-state index contributed by atoms with van der Waals surface area (Å²) in [4.78, 5) is 11.9. The van der Waals surface area contributed by atoms with Gasteiger partial charge in [-0.2, -0.15) is 0 Å². The van der Waals surface area contributed by atoms with E-state index in [1.54, 1.807) is 0 Å². The zero-order valence-corrected chi connectivity index (χ0v) is 8.86. The zero-order chi connectivity index (χ0) is 10.0. The molecule has 15 heavy (non-hydrogen) atoms. The summed E-state index contributed by atoms with van der Waals surface area (Å²) in [6, 6.07) is 0. The van der Waals surface area contributed by atoms with E-state index in [1.807, 2.05) is 6.08 Å². The molecule has 2 saturated carbocycles. The first-order chi connectivity index (χ1) is 7.31. The highest BCUT2D eigenvalue weighted by Crippen LogP contribution is 2.66. The van der Waals surface area contributed by atoms with Gasteiger partial charge in [0.15, 0.2) is 5.78 Å². The second-order valence-corrected chi connectivity index (χ2v) is 5.79. The van der Waals surface area contributed by atoms with Crippen molar-refractivity contribution in [2.24, 2.45) is 29.1 Å².